The minimum Gasteiger partial charge on any atom is -0.299 e. The number of nitrogens with zero attached hydrogens (tertiary/aromatic N) is 2. The second kappa shape index (κ2) is 19.5. The summed E-state index contributed by atoms with van der Waals surface area (Å²) in [7, 11) is 0. The van der Waals surface area contributed by atoms with E-state index in [4.69, 9.17) is 0 Å². The highest BCUT2D eigenvalue weighted by atomic mass is 15.1. The van der Waals surface area contributed by atoms with Crippen molar-refractivity contribution in [3.63, 3.8) is 0 Å². The van der Waals surface area contributed by atoms with Crippen molar-refractivity contribution in [2.45, 2.75) is 118 Å². The van der Waals surface area contributed by atoms with Crippen molar-refractivity contribution in [1.29, 1.82) is 0 Å². The normalized spacial score (nSPS) is 11.6. The van der Waals surface area contributed by atoms with E-state index in [2.05, 4.69) is 86.0 Å². The zero-order valence-corrected chi connectivity index (χ0v) is 24.2. The van der Waals surface area contributed by atoms with Crippen LogP contribution in [-0.2, 0) is 13.1 Å². The van der Waals surface area contributed by atoms with E-state index in [-0.39, 0.29) is 0 Å². The second-order valence-corrected chi connectivity index (χ2v) is 10.8. The van der Waals surface area contributed by atoms with Crippen molar-refractivity contribution in [2.24, 2.45) is 0 Å². The van der Waals surface area contributed by atoms with Crippen molar-refractivity contribution in [1.82, 2.24) is 9.80 Å². The average molecular weight is 493 g/mol. The van der Waals surface area contributed by atoms with Gasteiger partial charge in [0.05, 0.1) is 0 Å². The fourth-order valence-electron chi connectivity index (χ4n) is 5.00. The summed E-state index contributed by atoms with van der Waals surface area (Å²) in [5.74, 6) is 0. The Labute approximate surface area is 224 Å². The third-order valence-corrected chi connectivity index (χ3v) is 7.37. The molecule has 0 aliphatic heterocycles. The highest BCUT2D eigenvalue weighted by Gasteiger charge is 2.08. The Hall–Kier alpha value is -1.64. The summed E-state index contributed by atoms with van der Waals surface area (Å²) in [6.45, 7) is 16.3. The van der Waals surface area contributed by atoms with Gasteiger partial charge in [-0.05, 0) is 74.1 Å². The Morgan fingerprint density at radius 1 is 0.389 bits per heavy atom. The zero-order chi connectivity index (χ0) is 25.8. The van der Waals surface area contributed by atoms with E-state index < -0.39 is 0 Å². The number of benzene rings is 2. The molecule has 36 heavy (non-hydrogen) atoms. The highest BCUT2D eigenvalue weighted by Crippen LogP contribution is 2.22. The first-order chi connectivity index (χ1) is 17.7. The smallest absolute Gasteiger partial charge is 0.0233 e. The minimum atomic E-state index is 1.08. The predicted molar refractivity (Wildman–Crippen MR) is 161 cm³/mol. The molecule has 2 aromatic carbocycles. The molecule has 0 atom stereocenters. The molecule has 0 amide bonds. The standard InChI is InChI=1S/C34H56N2/c1-5-9-13-25-35(26-14-10-6-2)29-31-17-21-33(22-18-31)34-23-19-32(20-24-34)30-36(27-15-11-7-3)28-16-12-8-4/h17-24H,5-16,25-30H2,1-4H3. The molecule has 2 rings (SSSR count). The number of rotatable bonds is 21. The molecule has 2 heteroatoms. The molecule has 0 aliphatic carbocycles. The van der Waals surface area contributed by atoms with Crippen LogP contribution in [0.5, 0.6) is 0 Å². The molecule has 0 bridgehead atoms. The van der Waals surface area contributed by atoms with E-state index in [1.807, 2.05) is 0 Å². The molecule has 0 aromatic heterocycles. The van der Waals surface area contributed by atoms with Crippen LogP contribution in [-0.4, -0.2) is 36.0 Å². The molecule has 0 saturated carbocycles. The number of hydrogen-bond acceptors (Lipinski definition) is 2. The van der Waals surface area contributed by atoms with Crippen LogP contribution in [0.4, 0.5) is 0 Å². The lowest BCUT2D eigenvalue weighted by atomic mass is 10.0. The molecule has 0 unspecified atom stereocenters. The molecule has 202 valence electrons. The Kier molecular flexibility index (Phi) is 16.5. The van der Waals surface area contributed by atoms with Crippen LogP contribution in [0.25, 0.3) is 11.1 Å². The van der Waals surface area contributed by atoms with E-state index in [9.17, 15) is 0 Å². The van der Waals surface area contributed by atoms with Gasteiger partial charge in [0, 0.05) is 13.1 Å². The molecule has 0 aliphatic rings. The monoisotopic (exact) mass is 492 g/mol. The highest BCUT2D eigenvalue weighted by molar-refractivity contribution is 5.63. The quantitative estimate of drug-likeness (QED) is 0.160. The van der Waals surface area contributed by atoms with Crippen LogP contribution in [0, 0.1) is 0 Å². The van der Waals surface area contributed by atoms with Crippen molar-refractivity contribution in [3.8, 4) is 11.1 Å². The largest absolute Gasteiger partial charge is 0.299 e. The van der Waals surface area contributed by atoms with E-state index in [1.54, 1.807) is 0 Å². The van der Waals surface area contributed by atoms with Gasteiger partial charge in [-0.15, -0.1) is 0 Å². The summed E-state index contributed by atoms with van der Waals surface area (Å²) in [5.41, 5.74) is 5.55. The van der Waals surface area contributed by atoms with Gasteiger partial charge in [0.1, 0.15) is 0 Å². The predicted octanol–water partition coefficient (Wildman–Crippen LogP) is 9.72. The molecule has 0 fully saturated rings. The van der Waals surface area contributed by atoms with Gasteiger partial charge in [0.15, 0.2) is 0 Å². The number of unbranched alkanes of at least 4 members (excludes halogenated alkanes) is 8. The van der Waals surface area contributed by atoms with Crippen LogP contribution in [0.15, 0.2) is 48.5 Å². The van der Waals surface area contributed by atoms with Gasteiger partial charge in [-0.25, -0.2) is 0 Å². The maximum atomic E-state index is 2.67. The van der Waals surface area contributed by atoms with E-state index in [1.165, 1.54) is 125 Å². The Morgan fingerprint density at radius 2 is 0.667 bits per heavy atom. The lowest BCUT2D eigenvalue weighted by Crippen LogP contribution is -2.25. The van der Waals surface area contributed by atoms with Gasteiger partial charge >= 0.3 is 0 Å². The lowest BCUT2D eigenvalue weighted by molar-refractivity contribution is 0.254. The van der Waals surface area contributed by atoms with Crippen molar-refractivity contribution in [2.75, 3.05) is 26.2 Å². The summed E-state index contributed by atoms with van der Waals surface area (Å²) in [4.78, 5) is 5.34. The summed E-state index contributed by atoms with van der Waals surface area (Å²) in [6, 6.07) is 18.7. The van der Waals surface area contributed by atoms with E-state index in [0.717, 1.165) is 13.1 Å². The number of hydrogen-bond donors (Lipinski definition) is 0. The van der Waals surface area contributed by atoms with Crippen LogP contribution >= 0.6 is 0 Å². The third-order valence-electron chi connectivity index (χ3n) is 7.37. The van der Waals surface area contributed by atoms with E-state index >= 15 is 0 Å². The summed E-state index contributed by atoms with van der Waals surface area (Å²) < 4.78 is 0. The zero-order valence-electron chi connectivity index (χ0n) is 24.2. The van der Waals surface area contributed by atoms with Crippen molar-refractivity contribution in [3.05, 3.63) is 59.7 Å². The van der Waals surface area contributed by atoms with Crippen LogP contribution < -0.4 is 0 Å². The summed E-state index contributed by atoms with van der Waals surface area (Å²) in [6.07, 6.45) is 15.8. The van der Waals surface area contributed by atoms with Crippen molar-refractivity contribution < 1.29 is 0 Å². The Bertz CT molecular complexity index is 677. The maximum absolute atomic E-state index is 2.67. The molecular formula is C34H56N2. The fraction of sp³-hybridized carbons (Fsp3) is 0.647. The van der Waals surface area contributed by atoms with Gasteiger partial charge in [-0.3, -0.25) is 9.80 Å². The van der Waals surface area contributed by atoms with Gasteiger partial charge in [0.2, 0.25) is 0 Å². The minimum absolute atomic E-state index is 1.08. The Morgan fingerprint density at radius 3 is 0.917 bits per heavy atom. The molecule has 2 nitrogen and oxygen atoms in total. The maximum Gasteiger partial charge on any atom is 0.0233 e. The first-order valence-electron chi connectivity index (χ1n) is 15.3. The lowest BCUT2D eigenvalue weighted by Gasteiger charge is -2.23. The molecule has 2 aromatic rings. The first-order valence-corrected chi connectivity index (χ1v) is 15.3. The molecular weight excluding hydrogens is 436 g/mol. The Balaban J connectivity index is 1.94. The SMILES string of the molecule is CCCCCN(CCCCC)Cc1ccc(-c2ccc(CN(CCCCC)CCCCC)cc2)cc1. The van der Waals surface area contributed by atoms with Crippen molar-refractivity contribution >= 4 is 0 Å². The van der Waals surface area contributed by atoms with Gasteiger partial charge in [0.25, 0.3) is 0 Å². The molecule has 0 heterocycles. The van der Waals surface area contributed by atoms with Gasteiger partial charge in [-0.2, -0.15) is 0 Å². The second-order valence-electron chi connectivity index (χ2n) is 10.8. The molecule has 0 radical (unpaired) electrons. The summed E-state index contributed by atoms with van der Waals surface area (Å²) >= 11 is 0. The van der Waals surface area contributed by atoms with Crippen LogP contribution in [0.2, 0.25) is 0 Å². The molecule has 0 N–H and O–H groups in total. The van der Waals surface area contributed by atoms with E-state index in [0.29, 0.717) is 0 Å². The fourth-order valence-corrected chi connectivity index (χ4v) is 5.00. The topological polar surface area (TPSA) is 6.48 Å². The van der Waals surface area contributed by atoms with Crippen LogP contribution in [0.1, 0.15) is 116 Å². The third kappa shape index (κ3) is 12.5. The molecule has 0 spiro atoms. The molecule has 0 saturated heterocycles. The van der Waals surface area contributed by atoms with Gasteiger partial charge in [-0.1, -0.05) is 128 Å². The van der Waals surface area contributed by atoms with Crippen LogP contribution in [0.3, 0.4) is 0 Å². The first kappa shape index (κ1) is 30.6. The summed E-state index contributed by atoms with van der Waals surface area (Å²) in [5, 5.41) is 0. The van der Waals surface area contributed by atoms with Gasteiger partial charge < -0.3 is 0 Å². The average Bonchev–Trinajstić information content (AvgIpc) is 2.90.